The smallest absolute Gasteiger partial charge is 0.339 e. The summed E-state index contributed by atoms with van der Waals surface area (Å²) in [6, 6.07) is 4.18. The van der Waals surface area contributed by atoms with Crippen LogP contribution in [0.3, 0.4) is 0 Å². The fourth-order valence-electron chi connectivity index (χ4n) is 2.62. The van der Waals surface area contributed by atoms with Crippen LogP contribution in [0.2, 0.25) is 0 Å². The first-order chi connectivity index (χ1) is 8.76. The number of carbonyl (C=O) groups excluding carboxylic acids is 1. The van der Waals surface area contributed by atoms with Crippen molar-refractivity contribution in [1.29, 1.82) is 0 Å². The van der Waals surface area contributed by atoms with Crippen LogP contribution in [0.4, 0.5) is 0 Å². The van der Waals surface area contributed by atoms with Gasteiger partial charge in [-0.3, -0.25) is 9.88 Å². The minimum Gasteiger partial charge on any atom is -0.465 e. The molecule has 98 valence electrons. The van der Waals surface area contributed by atoms with Crippen LogP contribution in [0, 0.1) is 0 Å². The maximum Gasteiger partial charge on any atom is 0.339 e. The molecule has 2 rings (SSSR count). The topological polar surface area (TPSA) is 42.4 Å². The molecule has 2 heterocycles. The Morgan fingerprint density at radius 1 is 1.61 bits per heavy atom. The number of pyridine rings is 1. The first-order valence-electron chi connectivity index (χ1n) is 6.52. The van der Waals surface area contributed by atoms with E-state index < -0.39 is 0 Å². The molecule has 4 heteroatoms. The van der Waals surface area contributed by atoms with Gasteiger partial charge in [-0.1, -0.05) is 6.92 Å². The Morgan fingerprint density at radius 3 is 3.17 bits per heavy atom. The Kier molecular flexibility index (Phi) is 4.31. The van der Waals surface area contributed by atoms with Crippen molar-refractivity contribution in [3.63, 3.8) is 0 Å². The summed E-state index contributed by atoms with van der Waals surface area (Å²) in [5.41, 5.74) is 1.41. The maximum atomic E-state index is 11.7. The number of methoxy groups -OCH3 is 1. The second-order valence-corrected chi connectivity index (χ2v) is 4.66. The average molecular weight is 248 g/mol. The number of hydrogen-bond donors (Lipinski definition) is 0. The van der Waals surface area contributed by atoms with Crippen molar-refractivity contribution in [3.8, 4) is 0 Å². The minimum absolute atomic E-state index is 0.301. The van der Waals surface area contributed by atoms with Gasteiger partial charge in [0.15, 0.2) is 0 Å². The highest BCUT2D eigenvalue weighted by atomic mass is 16.5. The largest absolute Gasteiger partial charge is 0.465 e. The molecule has 0 aromatic carbocycles. The lowest BCUT2D eigenvalue weighted by molar-refractivity contribution is 0.0597. The second kappa shape index (κ2) is 5.96. The van der Waals surface area contributed by atoms with Crippen LogP contribution in [0.15, 0.2) is 18.3 Å². The number of rotatable bonds is 4. The molecule has 0 radical (unpaired) electrons. The van der Waals surface area contributed by atoms with Crippen LogP contribution in [0.5, 0.6) is 0 Å². The van der Waals surface area contributed by atoms with Gasteiger partial charge < -0.3 is 4.74 Å². The van der Waals surface area contributed by atoms with E-state index in [9.17, 15) is 4.79 Å². The van der Waals surface area contributed by atoms with Crippen LogP contribution in [-0.4, -0.2) is 35.5 Å². The third kappa shape index (κ3) is 2.70. The number of nitrogens with zero attached hydrogens (tertiary/aromatic N) is 2. The van der Waals surface area contributed by atoms with Crippen LogP contribution in [-0.2, 0) is 11.3 Å². The third-order valence-corrected chi connectivity index (χ3v) is 3.62. The summed E-state index contributed by atoms with van der Waals surface area (Å²) in [4.78, 5) is 18.4. The van der Waals surface area contributed by atoms with Gasteiger partial charge in [0.1, 0.15) is 0 Å². The third-order valence-electron chi connectivity index (χ3n) is 3.62. The summed E-state index contributed by atoms with van der Waals surface area (Å²) in [6.07, 6.45) is 5.37. The van der Waals surface area contributed by atoms with Crippen LogP contribution >= 0.6 is 0 Å². The molecule has 1 aromatic heterocycles. The van der Waals surface area contributed by atoms with Gasteiger partial charge in [0, 0.05) is 18.8 Å². The molecule has 18 heavy (non-hydrogen) atoms. The molecule has 1 aromatic rings. The summed E-state index contributed by atoms with van der Waals surface area (Å²) < 4.78 is 4.80. The average Bonchev–Trinajstić information content (AvgIpc) is 2.86. The maximum absolute atomic E-state index is 11.7. The van der Waals surface area contributed by atoms with Gasteiger partial charge >= 0.3 is 5.97 Å². The summed E-state index contributed by atoms with van der Waals surface area (Å²) >= 11 is 0. The molecule has 0 saturated carbocycles. The predicted molar refractivity (Wildman–Crippen MR) is 69.3 cm³/mol. The van der Waals surface area contributed by atoms with E-state index in [1.807, 2.05) is 0 Å². The van der Waals surface area contributed by atoms with Gasteiger partial charge in [-0.05, 0) is 37.9 Å². The Balaban J connectivity index is 2.16. The molecule has 1 aliphatic rings. The zero-order valence-electron chi connectivity index (χ0n) is 11.1. The van der Waals surface area contributed by atoms with Crippen molar-refractivity contribution in [3.05, 3.63) is 29.6 Å². The van der Waals surface area contributed by atoms with Crippen molar-refractivity contribution < 1.29 is 9.53 Å². The lowest BCUT2D eigenvalue weighted by atomic mass is 10.1. The van der Waals surface area contributed by atoms with E-state index in [2.05, 4.69) is 16.8 Å². The van der Waals surface area contributed by atoms with Gasteiger partial charge in [-0.15, -0.1) is 0 Å². The summed E-state index contributed by atoms with van der Waals surface area (Å²) in [5.74, 6) is -0.301. The Hall–Kier alpha value is -1.42. The van der Waals surface area contributed by atoms with Crippen molar-refractivity contribution in [2.75, 3.05) is 13.7 Å². The highest BCUT2D eigenvalue weighted by Gasteiger charge is 2.24. The Labute approximate surface area is 108 Å². The van der Waals surface area contributed by atoms with Crippen LogP contribution < -0.4 is 0 Å². The SMILES string of the molecule is CCC1CCCN1Cc1ncccc1C(=O)OC. The molecule has 0 aliphatic carbocycles. The monoisotopic (exact) mass is 248 g/mol. The van der Waals surface area contributed by atoms with Crippen molar-refractivity contribution in [1.82, 2.24) is 9.88 Å². The van der Waals surface area contributed by atoms with Gasteiger partial charge in [0.2, 0.25) is 0 Å². The normalized spacial score (nSPS) is 20.0. The predicted octanol–water partition coefficient (Wildman–Crippen LogP) is 2.24. The molecule has 1 saturated heterocycles. The molecule has 1 unspecified atom stereocenters. The van der Waals surface area contributed by atoms with Gasteiger partial charge in [0.25, 0.3) is 0 Å². The van der Waals surface area contributed by atoms with Gasteiger partial charge in [0.05, 0.1) is 18.4 Å². The van der Waals surface area contributed by atoms with E-state index in [4.69, 9.17) is 4.74 Å². The number of hydrogen-bond acceptors (Lipinski definition) is 4. The molecule has 1 aliphatic heterocycles. The van der Waals surface area contributed by atoms with Crippen molar-refractivity contribution >= 4 is 5.97 Å². The van der Waals surface area contributed by atoms with E-state index in [0.29, 0.717) is 11.6 Å². The number of ether oxygens (including phenoxy) is 1. The lowest BCUT2D eigenvalue weighted by Gasteiger charge is -2.23. The standard InChI is InChI=1S/C14H20N2O2/c1-3-11-6-5-9-16(11)10-13-12(14(17)18-2)7-4-8-15-13/h4,7-8,11H,3,5-6,9-10H2,1-2H3. The molecular weight excluding hydrogens is 228 g/mol. The molecule has 0 N–H and O–H groups in total. The number of likely N-dealkylation sites (tertiary alicyclic amines) is 1. The highest BCUT2D eigenvalue weighted by Crippen LogP contribution is 2.22. The first kappa shape index (κ1) is 13.0. The first-order valence-corrected chi connectivity index (χ1v) is 6.52. The van der Waals surface area contributed by atoms with Crippen LogP contribution in [0.1, 0.15) is 42.2 Å². The summed E-state index contributed by atoms with van der Waals surface area (Å²) in [5, 5.41) is 0. The molecule has 0 bridgehead atoms. The molecule has 0 spiro atoms. The molecular formula is C14H20N2O2. The summed E-state index contributed by atoms with van der Waals surface area (Å²) in [6.45, 7) is 4.04. The van der Waals surface area contributed by atoms with Gasteiger partial charge in [-0.2, -0.15) is 0 Å². The molecule has 4 nitrogen and oxygen atoms in total. The minimum atomic E-state index is -0.301. The zero-order chi connectivity index (χ0) is 13.0. The number of esters is 1. The molecule has 1 atom stereocenters. The quantitative estimate of drug-likeness (QED) is 0.766. The van der Waals surface area contributed by atoms with E-state index in [-0.39, 0.29) is 5.97 Å². The summed E-state index contributed by atoms with van der Waals surface area (Å²) in [7, 11) is 1.41. The fourth-order valence-corrected chi connectivity index (χ4v) is 2.62. The fraction of sp³-hybridized carbons (Fsp3) is 0.571. The van der Waals surface area contributed by atoms with E-state index in [1.165, 1.54) is 20.0 Å². The van der Waals surface area contributed by atoms with Gasteiger partial charge in [-0.25, -0.2) is 4.79 Å². The highest BCUT2D eigenvalue weighted by molar-refractivity contribution is 5.90. The van der Waals surface area contributed by atoms with Crippen LogP contribution in [0.25, 0.3) is 0 Å². The molecule has 1 fully saturated rings. The number of carbonyl (C=O) groups is 1. The van der Waals surface area contributed by atoms with Crippen molar-refractivity contribution in [2.45, 2.75) is 38.8 Å². The van der Waals surface area contributed by atoms with E-state index in [0.717, 1.165) is 25.2 Å². The van der Waals surface area contributed by atoms with E-state index >= 15 is 0 Å². The Morgan fingerprint density at radius 2 is 2.44 bits per heavy atom. The van der Waals surface area contributed by atoms with E-state index in [1.54, 1.807) is 18.3 Å². The lowest BCUT2D eigenvalue weighted by Crippen LogP contribution is -2.29. The second-order valence-electron chi connectivity index (χ2n) is 4.66. The number of aromatic nitrogens is 1. The van der Waals surface area contributed by atoms with Crippen molar-refractivity contribution in [2.24, 2.45) is 0 Å². The Bertz CT molecular complexity index is 420. The molecule has 0 amide bonds. The zero-order valence-corrected chi connectivity index (χ0v) is 11.1.